The average molecular weight is 221 g/mol. The van der Waals surface area contributed by atoms with Crippen molar-refractivity contribution in [3.8, 4) is 0 Å². The Morgan fingerprint density at radius 3 is 2.65 bits per heavy atom. The molecule has 2 aromatic carbocycles. The summed E-state index contributed by atoms with van der Waals surface area (Å²) in [6.45, 7) is 0. The van der Waals surface area contributed by atoms with Gasteiger partial charge in [0.2, 0.25) is 0 Å². The van der Waals surface area contributed by atoms with Gasteiger partial charge in [-0.05, 0) is 22.8 Å². The highest BCUT2D eigenvalue weighted by atomic mass is 16.5. The Balaban J connectivity index is 2.02. The summed E-state index contributed by atoms with van der Waals surface area (Å²) in [5.74, 6) is 0. The number of fused-ring (bicyclic) bond motifs is 5. The molecule has 1 nitrogen and oxygen atoms in total. The van der Waals surface area contributed by atoms with Gasteiger partial charge in [-0.1, -0.05) is 60.7 Å². The molecule has 0 saturated carbocycles. The normalized spacial score (nSPS) is 33.5. The minimum Gasteiger partial charge on any atom is -0.349 e. The summed E-state index contributed by atoms with van der Waals surface area (Å²) in [5, 5.41) is 0. The maximum Gasteiger partial charge on any atom is 0.138 e. The smallest absolute Gasteiger partial charge is 0.138 e. The molecule has 2 atom stereocenters. The Bertz CT molecular complexity index is 649. The molecule has 1 heteroatoms. The lowest BCUT2D eigenvalue weighted by atomic mass is 9.82. The number of hydrogen-bond acceptors (Lipinski definition) is 1. The second-order valence-corrected chi connectivity index (χ2v) is 4.45. The Hall–Kier alpha value is -1.86. The highest BCUT2D eigenvalue weighted by Crippen LogP contribution is 2.53. The number of rotatable bonds is 1. The average Bonchev–Trinajstić information content (AvgIpc) is 2.92. The van der Waals surface area contributed by atoms with E-state index in [9.17, 15) is 0 Å². The predicted octanol–water partition coefficient (Wildman–Crippen LogP) is 3.57. The first-order chi connectivity index (χ1) is 8.75. The maximum absolute atomic E-state index is 8.42. The van der Waals surface area contributed by atoms with Crippen LogP contribution in [0.15, 0.2) is 66.7 Å². The van der Waals surface area contributed by atoms with Gasteiger partial charge in [0.25, 0.3) is 0 Å². The number of benzene rings is 2. The zero-order valence-corrected chi connectivity index (χ0v) is 9.26. The van der Waals surface area contributed by atoms with Gasteiger partial charge in [0, 0.05) is 0 Å². The van der Waals surface area contributed by atoms with Crippen LogP contribution < -0.4 is 0 Å². The molecule has 2 aliphatic heterocycles. The van der Waals surface area contributed by atoms with E-state index in [-0.39, 0.29) is 0 Å². The van der Waals surface area contributed by atoms with Gasteiger partial charge in [0.1, 0.15) is 11.7 Å². The zero-order valence-electron chi connectivity index (χ0n) is 10.3. The lowest BCUT2D eigenvalue weighted by molar-refractivity contribution is 0.0270. The predicted molar refractivity (Wildman–Crippen MR) is 66.6 cm³/mol. The number of hydrogen-bond donors (Lipinski definition) is 0. The quantitative estimate of drug-likeness (QED) is 0.669. The fourth-order valence-electron chi connectivity index (χ4n) is 2.74. The Morgan fingerprint density at radius 1 is 1.00 bits per heavy atom. The van der Waals surface area contributed by atoms with Crippen LogP contribution >= 0.6 is 0 Å². The van der Waals surface area contributed by atoms with E-state index >= 15 is 0 Å². The number of ether oxygens (including phenoxy) is 1. The van der Waals surface area contributed by atoms with Crippen LogP contribution in [0.25, 0.3) is 0 Å². The molecule has 17 heavy (non-hydrogen) atoms. The summed E-state index contributed by atoms with van der Waals surface area (Å²) >= 11 is 0. The lowest BCUT2D eigenvalue weighted by Gasteiger charge is -2.24. The summed E-state index contributed by atoms with van der Waals surface area (Å²) < 4.78 is 14.5. The molecule has 2 heterocycles. The molecule has 0 N–H and O–H groups in total. The molecule has 0 spiro atoms. The van der Waals surface area contributed by atoms with Gasteiger partial charge in [0.15, 0.2) is 0 Å². The monoisotopic (exact) mass is 221 g/mol. The molecule has 2 aliphatic rings. The van der Waals surface area contributed by atoms with Crippen molar-refractivity contribution in [3.05, 3.63) is 83.4 Å². The summed E-state index contributed by atoms with van der Waals surface area (Å²) in [7, 11) is 0. The Labute approximate surface area is 102 Å². The second-order valence-electron chi connectivity index (χ2n) is 4.45. The molecule has 2 bridgehead atoms. The van der Waals surface area contributed by atoms with Gasteiger partial charge >= 0.3 is 0 Å². The molecule has 2 aromatic rings. The van der Waals surface area contributed by atoms with E-state index in [1.807, 2.05) is 48.6 Å². The lowest BCUT2D eigenvalue weighted by Crippen LogP contribution is -2.22. The molecular formula is C16H12O. The van der Waals surface area contributed by atoms with Crippen LogP contribution in [0.5, 0.6) is 0 Å². The molecule has 4 rings (SSSR count). The summed E-state index contributed by atoms with van der Waals surface area (Å²) in [6.07, 6.45) is 2.84. The van der Waals surface area contributed by atoms with E-state index in [4.69, 9.17) is 6.11 Å². The van der Waals surface area contributed by atoms with Crippen LogP contribution in [0.3, 0.4) is 0 Å². The van der Waals surface area contributed by atoms with Crippen molar-refractivity contribution in [2.75, 3.05) is 0 Å². The molecule has 0 radical (unpaired) electrons. The minimum absolute atomic E-state index is 0.570. The minimum atomic E-state index is -1.02. The third-order valence-corrected chi connectivity index (χ3v) is 3.54. The molecular weight excluding hydrogens is 208 g/mol. The maximum atomic E-state index is 8.42. The van der Waals surface area contributed by atoms with Crippen molar-refractivity contribution in [1.29, 1.82) is 0 Å². The molecule has 0 aromatic heterocycles. The van der Waals surface area contributed by atoms with Crippen LogP contribution in [-0.4, -0.2) is 0 Å². The van der Waals surface area contributed by atoms with Gasteiger partial charge < -0.3 is 4.74 Å². The van der Waals surface area contributed by atoms with Crippen molar-refractivity contribution in [1.82, 2.24) is 0 Å². The molecule has 0 fully saturated rings. The van der Waals surface area contributed by atoms with Gasteiger partial charge in [-0.15, -0.1) is 0 Å². The van der Waals surface area contributed by atoms with E-state index in [0.29, 0.717) is 0 Å². The van der Waals surface area contributed by atoms with Gasteiger partial charge in [0.05, 0.1) is 1.37 Å². The van der Waals surface area contributed by atoms with Gasteiger partial charge in [-0.2, -0.15) is 0 Å². The zero-order chi connectivity index (χ0) is 12.2. The van der Waals surface area contributed by atoms with Crippen molar-refractivity contribution < 1.29 is 6.11 Å². The standard InChI is InChI=1S/C16H12O/c1-2-6-12(7-3-1)16-11-10-15(17-16)13-8-4-5-9-14(13)16/h1-11,15H/t15-,16-/m0/s1/i15D. The first-order valence-electron chi connectivity index (χ1n) is 6.31. The van der Waals surface area contributed by atoms with Gasteiger partial charge in [-0.3, -0.25) is 0 Å². The van der Waals surface area contributed by atoms with Gasteiger partial charge in [-0.25, -0.2) is 0 Å². The fraction of sp³-hybridized carbons (Fsp3) is 0.125. The first-order valence-corrected chi connectivity index (χ1v) is 5.81. The van der Waals surface area contributed by atoms with Crippen LogP contribution in [0.1, 0.15) is 24.1 Å². The molecule has 0 amide bonds. The van der Waals surface area contributed by atoms with E-state index < -0.39 is 11.7 Å². The van der Waals surface area contributed by atoms with Crippen LogP contribution in [0.2, 0.25) is 0 Å². The Morgan fingerprint density at radius 2 is 1.76 bits per heavy atom. The van der Waals surface area contributed by atoms with E-state index in [2.05, 4.69) is 18.2 Å². The Kier molecular flexibility index (Phi) is 1.50. The fourth-order valence-corrected chi connectivity index (χ4v) is 2.74. The van der Waals surface area contributed by atoms with Crippen molar-refractivity contribution in [2.24, 2.45) is 0 Å². The summed E-state index contributed by atoms with van der Waals surface area (Å²) in [6, 6.07) is 18.1. The van der Waals surface area contributed by atoms with E-state index in [1.165, 1.54) is 0 Å². The second kappa shape index (κ2) is 3.08. The molecule has 82 valence electrons. The van der Waals surface area contributed by atoms with E-state index in [0.717, 1.165) is 16.7 Å². The highest BCUT2D eigenvalue weighted by Gasteiger charge is 2.47. The SMILES string of the molecule is [2H][C@@]12C=C[C@@](c3ccccc3)(O1)c1ccccc12. The molecule has 0 saturated heterocycles. The van der Waals surface area contributed by atoms with Crippen molar-refractivity contribution in [3.63, 3.8) is 0 Å². The van der Waals surface area contributed by atoms with Crippen LogP contribution in [0.4, 0.5) is 0 Å². The largest absolute Gasteiger partial charge is 0.349 e. The third kappa shape index (κ3) is 1.07. The highest BCUT2D eigenvalue weighted by molar-refractivity contribution is 5.54. The van der Waals surface area contributed by atoms with Crippen molar-refractivity contribution >= 4 is 0 Å². The first kappa shape index (κ1) is 8.26. The van der Waals surface area contributed by atoms with E-state index in [1.54, 1.807) is 0 Å². The molecule has 0 unspecified atom stereocenters. The molecule has 0 aliphatic carbocycles. The summed E-state index contributed by atoms with van der Waals surface area (Å²) in [5.41, 5.74) is 2.56. The summed E-state index contributed by atoms with van der Waals surface area (Å²) in [4.78, 5) is 0. The topological polar surface area (TPSA) is 9.23 Å². The van der Waals surface area contributed by atoms with Crippen LogP contribution in [0, 0.1) is 0 Å². The van der Waals surface area contributed by atoms with Crippen molar-refractivity contribution in [2.45, 2.75) is 11.7 Å². The third-order valence-electron chi connectivity index (χ3n) is 3.54. The van der Waals surface area contributed by atoms with Crippen LogP contribution in [-0.2, 0) is 10.3 Å².